The SMILES string of the molecule is CC(C)(O)[C@@H](N)c1cc(F)ccc1O.CCOC(=O)[C@H](N[S@](=O)C(C)(C)C)c1cc(F)ccc1OCOC.COCOc1ccc(F)cc1[C@H](N[S@](=O)C(C)(C)C)C(C)(C)O.[Br-].[CH3-].[Mg+2]. The Bertz CT molecular complexity index is 1910. The average molecular weight is 1030 g/mol. The number of ether oxygens (including phenoxy) is 5. The minimum absolute atomic E-state index is 0. The minimum atomic E-state index is -1.57. The number of esters is 1. The largest absolute Gasteiger partial charge is 2.00 e. The molecule has 0 aromatic heterocycles. The van der Waals surface area contributed by atoms with Crippen LogP contribution in [0.1, 0.15) is 111 Å². The van der Waals surface area contributed by atoms with Gasteiger partial charge in [-0.25, -0.2) is 35.8 Å². The number of phenolic OH excluding ortho intramolecular Hbond substituents is 1. The summed E-state index contributed by atoms with van der Waals surface area (Å²) in [6.07, 6.45) is 0. The fourth-order valence-electron chi connectivity index (χ4n) is 4.77. The summed E-state index contributed by atoms with van der Waals surface area (Å²) in [5, 5.41) is 29.5. The fraction of sp³-hybridized carbons (Fsp3) is 0.535. The third kappa shape index (κ3) is 22.4. The van der Waals surface area contributed by atoms with E-state index in [1.165, 1.54) is 64.5 Å². The molecule has 0 aliphatic heterocycles. The molecule has 14 nitrogen and oxygen atoms in total. The van der Waals surface area contributed by atoms with Gasteiger partial charge in [0.15, 0.2) is 13.6 Å². The zero-order chi connectivity index (χ0) is 47.1. The van der Waals surface area contributed by atoms with Crippen LogP contribution in [0.3, 0.4) is 0 Å². The van der Waals surface area contributed by atoms with Crippen LogP contribution in [0.4, 0.5) is 13.2 Å². The van der Waals surface area contributed by atoms with Crippen molar-refractivity contribution in [3.63, 3.8) is 0 Å². The number of hydrogen-bond donors (Lipinski definition) is 6. The smallest absolute Gasteiger partial charge is 1.00 e. The Morgan fingerprint density at radius 3 is 1.48 bits per heavy atom. The number of aromatic hydroxyl groups is 1. The Kier molecular flexibility index (Phi) is 30.2. The second-order valence-corrected chi connectivity index (χ2v) is 20.6. The summed E-state index contributed by atoms with van der Waals surface area (Å²) in [7, 11) is -0.108. The Morgan fingerprint density at radius 1 is 0.703 bits per heavy atom. The van der Waals surface area contributed by atoms with Gasteiger partial charge in [-0.3, -0.25) is 0 Å². The third-order valence-corrected chi connectivity index (χ3v) is 11.2. The van der Waals surface area contributed by atoms with Gasteiger partial charge in [0.05, 0.1) is 61.4 Å². The van der Waals surface area contributed by atoms with Gasteiger partial charge in [-0.2, -0.15) is 0 Å². The molecule has 0 spiro atoms. The van der Waals surface area contributed by atoms with Crippen LogP contribution in [0, 0.1) is 24.9 Å². The number of benzene rings is 3. The topological polar surface area (TPSA) is 208 Å². The molecule has 0 saturated carbocycles. The normalized spacial score (nSPS) is 13.9. The molecule has 0 fully saturated rings. The van der Waals surface area contributed by atoms with E-state index in [4.69, 9.17) is 29.4 Å². The predicted molar refractivity (Wildman–Crippen MR) is 242 cm³/mol. The third-order valence-electron chi connectivity index (χ3n) is 8.11. The molecule has 3 aromatic carbocycles. The molecule has 0 bridgehead atoms. The summed E-state index contributed by atoms with van der Waals surface area (Å²) in [6.45, 7) is 18.5. The molecule has 0 saturated heterocycles. The molecule has 0 amide bonds. The van der Waals surface area contributed by atoms with E-state index in [2.05, 4.69) is 9.44 Å². The van der Waals surface area contributed by atoms with Crippen molar-refractivity contribution in [1.82, 2.24) is 9.44 Å². The zero-order valence-corrected chi connectivity index (χ0v) is 43.9. The molecular formula is C43H67BrF3MgN3O11S2. The molecule has 64 heavy (non-hydrogen) atoms. The van der Waals surface area contributed by atoms with E-state index >= 15 is 0 Å². The van der Waals surface area contributed by atoms with Gasteiger partial charge in [0.1, 0.15) is 40.7 Å². The number of carbonyl (C=O) groups excluding carboxylic acids is 1. The molecular weight excluding hydrogens is 960 g/mol. The van der Waals surface area contributed by atoms with Crippen LogP contribution in [-0.4, -0.2) is 108 Å². The van der Waals surface area contributed by atoms with Crippen molar-refractivity contribution >= 4 is 51.0 Å². The van der Waals surface area contributed by atoms with E-state index in [-0.39, 0.29) is 90.3 Å². The second kappa shape index (κ2) is 29.4. The standard InChI is InChI=1S/C16H24FNO5S.C16H26FNO4S.C10H14FNO2.CH3.BrH.Mg/c1-6-22-15(19)14(18-24(20)16(2,3)4)12-9-11(17)7-8-13(12)23-10-21-5;1-15(2,3)23(20)18-14(16(4,5)19)12-9-11(17)7-8-13(12)22-10-21-6;1-10(2,14)9(12)7-5-6(11)3-4-8(7)13;;;/h7-9,14,18H,6,10H2,1-5H3;7-9,14,18-19H,10H2,1-6H3;3-5,9,13-14H,12H2,1-2H3;1H3;1H;/q;;;-1;;+2/p-1/t14-,24-;14-,23+;9-;;;/m100.../s1. The molecule has 0 radical (unpaired) electrons. The average Bonchev–Trinajstić information content (AvgIpc) is 3.14. The summed E-state index contributed by atoms with van der Waals surface area (Å²) in [4.78, 5) is 12.3. The second-order valence-electron chi connectivity index (χ2n) is 16.6. The minimum Gasteiger partial charge on any atom is -1.00 e. The van der Waals surface area contributed by atoms with Gasteiger partial charge in [-0.1, -0.05) is 0 Å². The van der Waals surface area contributed by atoms with Crippen LogP contribution < -0.4 is 41.6 Å². The van der Waals surface area contributed by atoms with Crippen molar-refractivity contribution in [2.75, 3.05) is 34.4 Å². The molecule has 0 heterocycles. The maximum absolute atomic E-state index is 13.7. The van der Waals surface area contributed by atoms with Crippen molar-refractivity contribution in [2.24, 2.45) is 5.73 Å². The molecule has 7 N–H and O–H groups in total. The first-order chi connectivity index (χ1) is 28.0. The molecule has 21 heteroatoms. The van der Waals surface area contributed by atoms with Gasteiger partial charge in [-0.15, -0.1) is 0 Å². The quantitative estimate of drug-likeness (QED) is 0.0498. The number of nitrogens with one attached hydrogen (secondary N) is 2. The first kappa shape index (κ1) is 65.9. The predicted octanol–water partition coefficient (Wildman–Crippen LogP) is 3.51. The number of rotatable bonds is 17. The van der Waals surface area contributed by atoms with Crippen molar-refractivity contribution in [3.05, 3.63) is 96.2 Å². The maximum Gasteiger partial charge on any atom is 2.00 e. The van der Waals surface area contributed by atoms with Crippen molar-refractivity contribution in [1.29, 1.82) is 0 Å². The number of halogens is 4. The molecule has 0 unspecified atom stereocenters. The Hall–Kier alpha value is -2.41. The summed E-state index contributed by atoms with van der Waals surface area (Å²) in [5.74, 6) is -1.68. The molecule has 0 aliphatic rings. The summed E-state index contributed by atoms with van der Waals surface area (Å²) >= 11 is 0. The number of phenols is 1. The van der Waals surface area contributed by atoms with Crippen LogP contribution in [0.25, 0.3) is 0 Å². The number of aliphatic hydroxyl groups is 2. The van der Waals surface area contributed by atoms with Gasteiger partial charge >= 0.3 is 29.0 Å². The molecule has 3 rings (SSSR count). The molecule has 5 atom stereocenters. The van der Waals surface area contributed by atoms with E-state index in [1.54, 1.807) is 41.5 Å². The van der Waals surface area contributed by atoms with E-state index in [0.717, 1.165) is 18.2 Å². The first-order valence-electron chi connectivity index (χ1n) is 19.0. The van der Waals surface area contributed by atoms with Gasteiger partial charge in [0.2, 0.25) is 0 Å². The van der Waals surface area contributed by atoms with Crippen LogP contribution in [0.15, 0.2) is 54.6 Å². The monoisotopic (exact) mass is 1030 g/mol. The van der Waals surface area contributed by atoms with Crippen LogP contribution in [-0.2, 0) is 41.0 Å². The van der Waals surface area contributed by atoms with Crippen LogP contribution in [0.2, 0.25) is 0 Å². The van der Waals surface area contributed by atoms with E-state index in [0.29, 0.717) is 11.3 Å². The van der Waals surface area contributed by atoms with Crippen molar-refractivity contribution in [2.45, 2.75) is 115 Å². The van der Waals surface area contributed by atoms with E-state index < -0.39 is 84.2 Å². The van der Waals surface area contributed by atoms with Gasteiger partial charge in [-0.05, 0) is 131 Å². The van der Waals surface area contributed by atoms with Crippen LogP contribution >= 0.6 is 0 Å². The van der Waals surface area contributed by atoms with Crippen molar-refractivity contribution in [3.8, 4) is 17.2 Å². The number of methoxy groups -OCH3 is 2. The van der Waals surface area contributed by atoms with E-state index in [9.17, 15) is 41.7 Å². The maximum atomic E-state index is 13.7. The Morgan fingerprint density at radius 2 is 1.09 bits per heavy atom. The summed E-state index contributed by atoms with van der Waals surface area (Å²) in [5.41, 5.74) is 3.96. The fourth-order valence-corrected chi connectivity index (χ4v) is 6.55. The Balaban J connectivity index is -0.000000879. The van der Waals surface area contributed by atoms with Gasteiger partial charge < -0.3 is 69.1 Å². The van der Waals surface area contributed by atoms with Gasteiger partial charge in [0, 0.05) is 30.9 Å². The first-order valence-corrected chi connectivity index (χ1v) is 21.3. The van der Waals surface area contributed by atoms with Gasteiger partial charge in [0.25, 0.3) is 0 Å². The Labute approximate surface area is 409 Å². The van der Waals surface area contributed by atoms with E-state index in [1.807, 2.05) is 20.8 Å². The molecule has 3 aromatic rings. The number of hydrogen-bond acceptors (Lipinski definition) is 12. The molecule has 0 aliphatic carbocycles. The number of nitrogens with two attached hydrogens (primary N) is 1. The summed E-state index contributed by atoms with van der Waals surface area (Å²) < 4.78 is 95.1. The molecule has 362 valence electrons. The van der Waals surface area contributed by atoms with Crippen LogP contribution in [0.5, 0.6) is 17.2 Å². The zero-order valence-electron chi connectivity index (χ0n) is 39.3. The number of carbonyl (C=O) groups is 1. The summed E-state index contributed by atoms with van der Waals surface area (Å²) in [6, 6.07) is 8.47. The van der Waals surface area contributed by atoms with Crippen molar-refractivity contribution < 1.29 is 82.4 Å².